The number of hydrogen-bond donors (Lipinski definition) is 2. The fraction of sp³-hybridized carbons (Fsp3) is 0.154. The number of para-hydroxylation sites is 1. The van der Waals surface area contributed by atoms with Crippen LogP contribution >= 0.6 is 11.6 Å². The molecule has 0 bridgehead atoms. The molecule has 1 aromatic carbocycles. The average Bonchev–Trinajstić information content (AvgIpc) is 2.33. The summed E-state index contributed by atoms with van der Waals surface area (Å²) in [5.41, 5.74) is 8.41. The van der Waals surface area contributed by atoms with Gasteiger partial charge in [0, 0.05) is 5.69 Å². The number of aryl methyl sites for hydroxylation is 1. The lowest BCUT2D eigenvalue weighted by atomic mass is 10.1. The molecule has 0 saturated heterocycles. The number of rotatable bonds is 3. The molecule has 4 heteroatoms. The summed E-state index contributed by atoms with van der Waals surface area (Å²) in [6, 6.07) is 9.76. The van der Waals surface area contributed by atoms with Crippen LogP contribution in [0.4, 0.5) is 17.2 Å². The highest BCUT2D eigenvalue weighted by Gasteiger charge is 2.05. The van der Waals surface area contributed by atoms with E-state index >= 15 is 0 Å². The summed E-state index contributed by atoms with van der Waals surface area (Å²) >= 11 is 6.07. The molecule has 0 amide bonds. The number of nitrogens with one attached hydrogen (secondary N) is 1. The zero-order chi connectivity index (χ0) is 12.3. The van der Waals surface area contributed by atoms with Gasteiger partial charge in [0.1, 0.15) is 5.82 Å². The van der Waals surface area contributed by atoms with Crippen LogP contribution < -0.4 is 11.1 Å². The average molecular weight is 248 g/mol. The molecule has 3 N–H and O–H groups in total. The second kappa shape index (κ2) is 5.06. The van der Waals surface area contributed by atoms with Crippen molar-refractivity contribution in [3.05, 3.63) is 47.1 Å². The number of nitrogens with zero attached hydrogens (tertiary/aromatic N) is 1. The predicted octanol–water partition coefficient (Wildman–Crippen LogP) is 3.62. The molecule has 2 rings (SSSR count). The molecule has 0 spiro atoms. The highest BCUT2D eigenvalue weighted by atomic mass is 35.5. The van der Waals surface area contributed by atoms with Crippen LogP contribution in [0, 0.1) is 0 Å². The van der Waals surface area contributed by atoms with E-state index in [0.717, 1.165) is 12.1 Å². The van der Waals surface area contributed by atoms with Crippen LogP contribution in [0.15, 0.2) is 36.5 Å². The first-order chi connectivity index (χ1) is 8.20. The Bertz CT molecular complexity index is 526. The number of hydrogen-bond acceptors (Lipinski definition) is 3. The highest BCUT2D eigenvalue weighted by molar-refractivity contribution is 6.33. The van der Waals surface area contributed by atoms with Crippen molar-refractivity contribution in [2.45, 2.75) is 13.3 Å². The highest BCUT2D eigenvalue weighted by Crippen LogP contribution is 2.26. The van der Waals surface area contributed by atoms with Gasteiger partial charge in [0.15, 0.2) is 0 Å². The van der Waals surface area contributed by atoms with Crippen molar-refractivity contribution >= 4 is 28.8 Å². The van der Waals surface area contributed by atoms with Crippen LogP contribution in [0.2, 0.25) is 5.02 Å². The fourth-order valence-corrected chi connectivity index (χ4v) is 1.84. The summed E-state index contributed by atoms with van der Waals surface area (Å²) in [6.07, 6.45) is 2.54. The molecule has 0 aliphatic heterocycles. The molecule has 0 radical (unpaired) electrons. The van der Waals surface area contributed by atoms with Crippen molar-refractivity contribution < 1.29 is 0 Å². The standard InChI is InChI=1S/C13H14ClN3/c1-2-9-5-3-4-6-12(9)17-13-11(14)7-10(15)8-16-13/h3-8H,2,15H2,1H3,(H,16,17). The molecule has 0 aliphatic rings. The van der Waals surface area contributed by atoms with Gasteiger partial charge >= 0.3 is 0 Å². The number of aromatic nitrogens is 1. The Morgan fingerprint density at radius 2 is 2.12 bits per heavy atom. The lowest BCUT2D eigenvalue weighted by Gasteiger charge is -2.11. The molecule has 0 atom stereocenters. The van der Waals surface area contributed by atoms with Gasteiger partial charge in [-0.2, -0.15) is 0 Å². The monoisotopic (exact) mass is 247 g/mol. The maximum absolute atomic E-state index is 6.07. The van der Waals surface area contributed by atoms with Gasteiger partial charge in [-0.3, -0.25) is 0 Å². The Kier molecular flexibility index (Phi) is 3.49. The molecule has 2 aromatic rings. The normalized spacial score (nSPS) is 10.2. The molecule has 0 saturated carbocycles. The van der Waals surface area contributed by atoms with E-state index in [-0.39, 0.29) is 0 Å². The van der Waals surface area contributed by atoms with Crippen LogP contribution in [0.25, 0.3) is 0 Å². The van der Waals surface area contributed by atoms with Crippen molar-refractivity contribution in [3.8, 4) is 0 Å². The Hall–Kier alpha value is -1.74. The zero-order valence-electron chi connectivity index (χ0n) is 9.57. The van der Waals surface area contributed by atoms with Gasteiger partial charge in [-0.1, -0.05) is 36.7 Å². The third-order valence-electron chi connectivity index (χ3n) is 2.51. The second-order valence-corrected chi connectivity index (χ2v) is 4.14. The largest absolute Gasteiger partial charge is 0.397 e. The zero-order valence-corrected chi connectivity index (χ0v) is 10.3. The van der Waals surface area contributed by atoms with E-state index < -0.39 is 0 Å². The molecule has 88 valence electrons. The molecular formula is C13H14ClN3. The SMILES string of the molecule is CCc1ccccc1Nc1ncc(N)cc1Cl. The van der Waals surface area contributed by atoms with Crippen molar-refractivity contribution in [3.63, 3.8) is 0 Å². The van der Waals surface area contributed by atoms with E-state index in [1.165, 1.54) is 5.56 Å². The van der Waals surface area contributed by atoms with Gasteiger partial charge in [-0.05, 0) is 24.1 Å². The van der Waals surface area contributed by atoms with Gasteiger partial charge in [0.2, 0.25) is 0 Å². The number of nitrogen functional groups attached to an aromatic ring is 1. The third-order valence-corrected chi connectivity index (χ3v) is 2.80. The number of anilines is 3. The topological polar surface area (TPSA) is 50.9 Å². The second-order valence-electron chi connectivity index (χ2n) is 3.73. The van der Waals surface area contributed by atoms with Crippen LogP contribution in [-0.2, 0) is 6.42 Å². The van der Waals surface area contributed by atoms with Gasteiger partial charge in [-0.15, -0.1) is 0 Å². The summed E-state index contributed by atoms with van der Waals surface area (Å²) in [5.74, 6) is 0.627. The summed E-state index contributed by atoms with van der Waals surface area (Å²) in [4.78, 5) is 4.18. The summed E-state index contributed by atoms with van der Waals surface area (Å²) < 4.78 is 0. The maximum atomic E-state index is 6.07. The molecule has 1 aromatic heterocycles. The Morgan fingerprint density at radius 1 is 1.35 bits per heavy atom. The molecule has 17 heavy (non-hydrogen) atoms. The first-order valence-electron chi connectivity index (χ1n) is 5.46. The van der Waals surface area contributed by atoms with Crippen molar-refractivity contribution in [1.29, 1.82) is 0 Å². The molecular weight excluding hydrogens is 234 g/mol. The lowest BCUT2D eigenvalue weighted by Crippen LogP contribution is -1.98. The number of pyridine rings is 1. The van der Waals surface area contributed by atoms with Crippen LogP contribution in [0.5, 0.6) is 0 Å². The predicted molar refractivity (Wildman–Crippen MR) is 72.8 cm³/mol. The Labute approximate surface area is 106 Å². The van der Waals surface area contributed by atoms with E-state index in [1.807, 2.05) is 18.2 Å². The van der Waals surface area contributed by atoms with Crippen molar-refractivity contribution in [2.75, 3.05) is 11.1 Å². The van der Waals surface area contributed by atoms with Crippen molar-refractivity contribution in [2.24, 2.45) is 0 Å². The van der Waals surface area contributed by atoms with Crippen LogP contribution in [-0.4, -0.2) is 4.98 Å². The number of nitrogens with two attached hydrogens (primary N) is 1. The molecule has 0 fully saturated rings. The van der Waals surface area contributed by atoms with E-state index in [2.05, 4.69) is 23.3 Å². The van der Waals surface area contributed by atoms with Gasteiger partial charge < -0.3 is 11.1 Å². The maximum Gasteiger partial charge on any atom is 0.149 e. The quantitative estimate of drug-likeness (QED) is 0.871. The molecule has 1 heterocycles. The first-order valence-corrected chi connectivity index (χ1v) is 5.84. The van der Waals surface area contributed by atoms with Gasteiger partial charge in [0.05, 0.1) is 16.9 Å². The number of halogens is 1. The molecule has 0 aliphatic carbocycles. The molecule has 0 unspecified atom stereocenters. The lowest BCUT2D eigenvalue weighted by molar-refractivity contribution is 1.14. The summed E-state index contributed by atoms with van der Waals surface area (Å²) in [5, 5.41) is 3.74. The van der Waals surface area contributed by atoms with E-state index in [4.69, 9.17) is 17.3 Å². The molecule has 3 nitrogen and oxygen atoms in total. The summed E-state index contributed by atoms with van der Waals surface area (Å²) in [6.45, 7) is 2.11. The number of benzene rings is 1. The van der Waals surface area contributed by atoms with Gasteiger partial charge in [-0.25, -0.2) is 4.98 Å². The Balaban J connectivity index is 2.31. The van der Waals surface area contributed by atoms with Gasteiger partial charge in [0.25, 0.3) is 0 Å². The Morgan fingerprint density at radius 3 is 2.82 bits per heavy atom. The minimum atomic E-state index is 0.524. The van der Waals surface area contributed by atoms with E-state index in [9.17, 15) is 0 Å². The first kappa shape index (κ1) is 11.7. The smallest absolute Gasteiger partial charge is 0.149 e. The fourth-order valence-electron chi connectivity index (χ4n) is 1.62. The van der Waals surface area contributed by atoms with Crippen LogP contribution in [0.1, 0.15) is 12.5 Å². The summed E-state index contributed by atoms with van der Waals surface area (Å²) in [7, 11) is 0. The minimum absolute atomic E-state index is 0.524. The van der Waals surface area contributed by atoms with E-state index in [1.54, 1.807) is 12.3 Å². The van der Waals surface area contributed by atoms with Crippen molar-refractivity contribution in [1.82, 2.24) is 4.98 Å². The van der Waals surface area contributed by atoms with Crippen LogP contribution in [0.3, 0.4) is 0 Å². The minimum Gasteiger partial charge on any atom is -0.397 e. The third kappa shape index (κ3) is 2.68. The van der Waals surface area contributed by atoms with E-state index in [0.29, 0.717) is 16.5 Å².